The van der Waals surface area contributed by atoms with Crippen LogP contribution in [-0.2, 0) is 0 Å². The SMILES string of the molecule is Cc1ccc(NC2=N[C@H](c3c(O)ccc4ccccc34)n3c(nc(C)cc3=O)N2)cc1. The van der Waals surface area contributed by atoms with Crippen molar-refractivity contribution in [3.05, 3.63) is 93.9 Å². The maximum Gasteiger partial charge on any atom is 0.257 e. The van der Waals surface area contributed by atoms with E-state index in [4.69, 9.17) is 4.99 Å². The molecule has 0 radical (unpaired) electrons. The summed E-state index contributed by atoms with van der Waals surface area (Å²) in [6.45, 7) is 3.79. The van der Waals surface area contributed by atoms with Gasteiger partial charge in [-0.05, 0) is 42.8 Å². The standard InChI is InChI=1S/C24H21N5O2/c1-14-7-10-17(11-8-14)26-23-27-22(29-20(31)13-15(2)25-24(29)28-23)21-18-6-4-3-5-16(18)9-12-19(21)30/h3-13,22,30H,1-2H3,(H2,25,26,27,28)/t22-/m0/s1. The predicted octanol–water partition coefficient (Wildman–Crippen LogP) is 4.16. The molecule has 0 fully saturated rings. The number of fused-ring (bicyclic) bond motifs is 2. The van der Waals surface area contributed by atoms with Gasteiger partial charge in [-0.25, -0.2) is 9.98 Å². The number of hydrogen-bond acceptors (Lipinski definition) is 6. The number of rotatable bonds is 2. The number of hydrogen-bond donors (Lipinski definition) is 3. The van der Waals surface area contributed by atoms with Crippen molar-refractivity contribution < 1.29 is 5.11 Å². The third kappa shape index (κ3) is 3.40. The fourth-order valence-corrected chi connectivity index (χ4v) is 3.83. The summed E-state index contributed by atoms with van der Waals surface area (Å²) in [6, 6.07) is 20.6. The highest BCUT2D eigenvalue weighted by atomic mass is 16.3. The van der Waals surface area contributed by atoms with Gasteiger partial charge in [0.25, 0.3) is 5.56 Å². The lowest BCUT2D eigenvalue weighted by atomic mass is 10.0. The molecule has 0 saturated heterocycles. The highest BCUT2D eigenvalue weighted by molar-refractivity contribution is 6.04. The van der Waals surface area contributed by atoms with E-state index in [9.17, 15) is 9.90 Å². The van der Waals surface area contributed by atoms with E-state index >= 15 is 0 Å². The second kappa shape index (κ2) is 7.28. The molecule has 0 saturated carbocycles. The molecule has 0 amide bonds. The van der Waals surface area contributed by atoms with Gasteiger partial charge in [-0.15, -0.1) is 0 Å². The van der Waals surface area contributed by atoms with Crippen molar-refractivity contribution in [1.29, 1.82) is 0 Å². The summed E-state index contributed by atoms with van der Waals surface area (Å²) in [5.74, 6) is 0.882. The van der Waals surface area contributed by atoms with E-state index < -0.39 is 6.17 Å². The lowest BCUT2D eigenvalue weighted by Gasteiger charge is -2.28. The molecular formula is C24H21N5O2. The number of aryl methyl sites for hydroxylation is 2. The maximum atomic E-state index is 12.9. The molecule has 7 heteroatoms. The average Bonchev–Trinajstić information content (AvgIpc) is 2.74. The minimum absolute atomic E-state index is 0.0717. The number of nitrogens with zero attached hydrogens (tertiary/aromatic N) is 3. The Hall–Kier alpha value is -4.13. The number of aromatic nitrogens is 2. The van der Waals surface area contributed by atoms with Gasteiger partial charge >= 0.3 is 0 Å². The number of benzene rings is 3. The van der Waals surface area contributed by atoms with Crippen LogP contribution >= 0.6 is 0 Å². The monoisotopic (exact) mass is 411 g/mol. The van der Waals surface area contributed by atoms with E-state index in [0.717, 1.165) is 22.0 Å². The maximum absolute atomic E-state index is 12.9. The zero-order valence-electron chi connectivity index (χ0n) is 17.1. The predicted molar refractivity (Wildman–Crippen MR) is 123 cm³/mol. The molecular weight excluding hydrogens is 390 g/mol. The summed E-state index contributed by atoms with van der Waals surface area (Å²) < 4.78 is 1.47. The van der Waals surface area contributed by atoms with Crippen molar-refractivity contribution in [2.75, 3.05) is 10.6 Å². The molecule has 7 nitrogen and oxygen atoms in total. The minimum atomic E-state index is -0.782. The quantitative estimate of drug-likeness (QED) is 0.461. The fraction of sp³-hybridized carbons (Fsp3) is 0.125. The van der Waals surface area contributed by atoms with E-state index in [1.165, 1.54) is 10.6 Å². The number of aliphatic imine (C=N–C) groups is 1. The molecule has 1 aromatic heterocycles. The summed E-state index contributed by atoms with van der Waals surface area (Å²) in [7, 11) is 0. The second-order valence-corrected chi connectivity index (χ2v) is 7.62. The zero-order valence-corrected chi connectivity index (χ0v) is 17.1. The first-order chi connectivity index (χ1) is 15.0. The van der Waals surface area contributed by atoms with E-state index in [0.29, 0.717) is 23.2 Å². The lowest BCUT2D eigenvalue weighted by Crippen LogP contribution is -2.37. The Morgan fingerprint density at radius 2 is 1.81 bits per heavy atom. The smallest absolute Gasteiger partial charge is 0.257 e. The molecule has 5 rings (SSSR count). The molecule has 0 aliphatic carbocycles. The first-order valence-corrected chi connectivity index (χ1v) is 9.99. The van der Waals surface area contributed by atoms with Crippen molar-refractivity contribution in [3.8, 4) is 5.75 Å². The molecule has 0 unspecified atom stereocenters. The van der Waals surface area contributed by atoms with Crippen molar-refractivity contribution in [2.24, 2.45) is 4.99 Å². The Bertz CT molecular complexity index is 1390. The number of anilines is 2. The highest BCUT2D eigenvalue weighted by Gasteiger charge is 2.28. The van der Waals surface area contributed by atoms with Crippen LogP contribution in [0, 0.1) is 13.8 Å². The molecule has 3 aromatic carbocycles. The molecule has 0 spiro atoms. The molecule has 4 aromatic rings. The first kappa shape index (κ1) is 18.9. The van der Waals surface area contributed by atoms with Crippen molar-refractivity contribution in [3.63, 3.8) is 0 Å². The van der Waals surface area contributed by atoms with Gasteiger partial charge in [0.15, 0.2) is 6.17 Å². The Balaban J connectivity index is 1.71. The van der Waals surface area contributed by atoms with E-state index in [1.54, 1.807) is 13.0 Å². The summed E-state index contributed by atoms with van der Waals surface area (Å²) in [4.78, 5) is 22.2. The van der Waals surface area contributed by atoms with Crippen LogP contribution in [0.3, 0.4) is 0 Å². The first-order valence-electron chi connectivity index (χ1n) is 9.99. The summed E-state index contributed by atoms with van der Waals surface area (Å²) in [5, 5.41) is 18.9. The molecule has 1 atom stereocenters. The largest absolute Gasteiger partial charge is 0.507 e. The van der Waals surface area contributed by atoms with Crippen LogP contribution < -0.4 is 16.2 Å². The van der Waals surface area contributed by atoms with Gasteiger partial charge in [0.2, 0.25) is 11.9 Å². The number of aromatic hydroxyl groups is 1. The lowest BCUT2D eigenvalue weighted by molar-refractivity contribution is 0.454. The highest BCUT2D eigenvalue weighted by Crippen LogP contribution is 2.37. The van der Waals surface area contributed by atoms with Crippen molar-refractivity contribution in [1.82, 2.24) is 9.55 Å². The van der Waals surface area contributed by atoms with Crippen LogP contribution in [0.1, 0.15) is 23.0 Å². The topological polar surface area (TPSA) is 91.5 Å². The van der Waals surface area contributed by atoms with Crippen LogP contribution in [-0.4, -0.2) is 20.6 Å². The van der Waals surface area contributed by atoms with E-state index in [-0.39, 0.29) is 11.3 Å². The van der Waals surface area contributed by atoms with Crippen LogP contribution in [0.15, 0.2) is 76.5 Å². The Kier molecular flexibility index (Phi) is 4.43. The Morgan fingerprint density at radius 1 is 1.03 bits per heavy atom. The van der Waals surface area contributed by atoms with Crippen LogP contribution in [0.2, 0.25) is 0 Å². The average molecular weight is 411 g/mol. The number of phenols is 1. The van der Waals surface area contributed by atoms with E-state index in [1.807, 2.05) is 61.5 Å². The fourth-order valence-electron chi connectivity index (χ4n) is 3.83. The minimum Gasteiger partial charge on any atom is -0.507 e. The van der Waals surface area contributed by atoms with E-state index in [2.05, 4.69) is 15.6 Å². The van der Waals surface area contributed by atoms with Crippen molar-refractivity contribution >= 4 is 28.4 Å². The van der Waals surface area contributed by atoms with Gasteiger partial charge in [-0.3, -0.25) is 14.7 Å². The summed E-state index contributed by atoms with van der Waals surface area (Å²) in [6.07, 6.45) is -0.782. The van der Waals surface area contributed by atoms with Gasteiger partial charge in [0.1, 0.15) is 5.75 Å². The molecule has 1 aliphatic rings. The molecule has 1 aliphatic heterocycles. The molecule has 3 N–H and O–H groups in total. The third-order valence-corrected chi connectivity index (χ3v) is 5.33. The number of phenolic OH excluding ortho intramolecular Hbond substituents is 1. The number of nitrogens with one attached hydrogen (secondary N) is 2. The van der Waals surface area contributed by atoms with Gasteiger partial charge in [-0.1, -0.05) is 48.0 Å². The van der Waals surface area contributed by atoms with Crippen LogP contribution in [0.5, 0.6) is 5.75 Å². The summed E-state index contributed by atoms with van der Waals surface area (Å²) in [5.41, 5.74) is 2.90. The summed E-state index contributed by atoms with van der Waals surface area (Å²) >= 11 is 0. The zero-order chi connectivity index (χ0) is 21.5. The van der Waals surface area contributed by atoms with Gasteiger partial charge in [0.05, 0.1) is 0 Å². The van der Waals surface area contributed by atoms with Gasteiger partial charge in [-0.2, -0.15) is 0 Å². The van der Waals surface area contributed by atoms with Gasteiger partial charge in [0, 0.05) is 23.0 Å². The normalized spacial score (nSPS) is 15.2. The molecule has 154 valence electrons. The second-order valence-electron chi connectivity index (χ2n) is 7.62. The molecule has 2 heterocycles. The van der Waals surface area contributed by atoms with Gasteiger partial charge < -0.3 is 10.4 Å². The van der Waals surface area contributed by atoms with Crippen LogP contribution in [0.4, 0.5) is 11.6 Å². The molecule has 0 bridgehead atoms. The molecule has 31 heavy (non-hydrogen) atoms. The Labute approximate surface area is 178 Å². The Morgan fingerprint density at radius 3 is 2.61 bits per heavy atom. The van der Waals surface area contributed by atoms with Crippen molar-refractivity contribution in [2.45, 2.75) is 20.0 Å². The van der Waals surface area contributed by atoms with Crippen LogP contribution in [0.25, 0.3) is 10.8 Å². The number of guanidine groups is 1. The third-order valence-electron chi connectivity index (χ3n) is 5.33.